The molecule has 1 atom stereocenters. The summed E-state index contributed by atoms with van der Waals surface area (Å²) in [6, 6.07) is 7.38. The molecule has 3 rings (SSSR count). The Balaban J connectivity index is 1.97. The molecule has 31 heavy (non-hydrogen) atoms. The van der Waals surface area contributed by atoms with Crippen LogP contribution in [0.5, 0.6) is 0 Å². The van der Waals surface area contributed by atoms with Gasteiger partial charge in [-0.2, -0.15) is 13.2 Å². The average Bonchev–Trinajstić information content (AvgIpc) is 3.12. The zero-order valence-corrected chi connectivity index (χ0v) is 18.1. The van der Waals surface area contributed by atoms with Gasteiger partial charge in [-0.05, 0) is 44.1 Å². The number of benzene rings is 1. The monoisotopic (exact) mass is 455 g/mol. The largest absolute Gasteiger partial charge is 0.417 e. The van der Waals surface area contributed by atoms with Gasteiger partial charge in [-0.3, -0.25) is 4.79 Å². The molecule has 1 aromatic heterocycles. The van der Waals surface area contributed by atoms with Gasteiger partial charge in [0.2, 0.25) is 0 Å². The van der Waals surface area contributed by atoms with Gasteiger partial charge >= 0.3 is 6.18 Å². The molecule has 0 radical (unpaired) electrons. The highest BCUT2D eigenvalue weighted by molar-refractivity contribution is 6.34. The Bertz CT molecular complexity index is 944. The number of carbonyl (C=O) groups is 1. The van der Waals surface area contributed by atoms with Gasteiger partial charge in [0.1, 0.15) is 5.69 Å². The van der Waals surface area contributed by atoms with Gasteiger partial charge in [-0.15, -0.1) is 0 Å². The molecule has 1 heterocycles. The predicted octanol–water partition coefficient (Wildman–Crippen LogP) is 4.59. The van der Waals surface area contributed by atoms with Crippen LogP contribution in [0.15, 0.2) is 36.5 Å². The van der Waals surface area contributed by atoms with Crippen molar-refractivity contribution >= 4 is 17.5 Å². The van der Waals surface area contributed by atoms with Gasteiger partial charge in [-0.25, -0.2) is 4.98 Å². The minimum absolute atomic E-state index is 0.472. The summed E-state index contributed by atoms with van der Waals surface area (Å²) in [7, 11) is 3.86. The molecule has 1 aliphatic rings. The molecule has 1 aliphatic carbocycles. The maximum absolute atomic E-state index is 13.2. The van der Waals surface area contributed by atoms with Crippen molar-refractivity contribution in [2.75, 3.05) is 14.1 Å². The van der Waals surface area contributed by atoms with E-state index < -0.39 is 40.0 Å². The molecule has 9 heteroatoms. The predicted molar refractivity (Wildman–Crippen MR) is 112 cm³/mol. The third-order valence-electron chi connectivity index (χ3n) is 5.48. The van der Waals surface area contributed by atoms with Gasteiger partial charge in [-0.1, -0.05) is 48.7 Å². The lowest BCUT2D eigenvalue weighted by molar-refractivity contribution is -0.137. The van der Waals surface area contributed by atoms with Crippen LogP contribution in [0.3, 0.4) is 0 Å². The van der Waals surface area contributed by atoms with Crippen molar-refractivity contribution in [2.24, 2.45) is 0 Å². The highest BCUT2D eigenvalue weighted by Gasteiger charge is 2.42. The van der Waals surface area contributed by atoms with E-state index in [0.29, 0.717) is 24.9 Å². The van der Waals surface area contributed by atoms with Crippen LogP contribution >= 0.6 is 11.6 Å². The molecule has 0 aliphatic heterocycles. The maximum atomic E-state index is 13.2. The van der Waals surface area contributed by atoms with Crippen molar-refractivity contribution in [2.45, 2.75) is 50.0 Å². The van der Waals surface area contributed by atoms with Crippen LogP contribution < -0.4 is 5.32 Å². The molecule has 1 fully saturated rings. The topological polar surface area (TPSA) is 65.5 Å². The summed E-state index contributed by atoms with van der Waals surface area (Å²) in [6.45, 7) is 0.661. The molecule has 1 unspecified atom stereocenters. The number of nitrogens with one attached hydrogen (secondary N) is 1. The molecule has 168 valence electrons. The van der Waals surface area contributed by atoms with E-state index in [-0.39, 0.29) is 0 Å². The number of pyridine rings is 1. The Morgan fingerprint density at radius 2 is 1.97 bits per heavy atom. The van der Waals surface area contributed by atoms with Crippen LogP contribution in [0.2, 0.25) is 5.02 Å². The van der Waals surface area contributed by atoms with Crippen LogP contribution in [-0.4, -0.2) is 40.6 Å². The molecule has 0 spiro atoms. The van der Waals surface area contributed by atoms with E-state index >= 15 is 0 Å². The highest BCUT2D eigenvalue weighted by Crippen LogP contribution is 2.41. The zero-order valence-electron chi connectivity index (χ0n) is 17.3. The SMILES string of the molecule is CN(C)Cc1cccc(C(NC(=O)c2nccc(C(F)(F)F)c2Cl)C2(O)CCCC2)c1. The van der Waals surface area contributed by atoms with Crippen LogP contribution in [0.4, 0.5) is 13.2 Å². The van der Waals surface area contributed by atoms with Crippen LogP contribution in [0.25, 0.3) is 0 Å². The lowest BCUT2D eigenvalue weighted by Crippen LogP contribution is -2.44. The summed E-state index contributed by atoms with van der Waals surface area (Å²) >= 11 is 5.88. The molecule has 1 amide bonds. The van der Waals surface area contributed by atoms with E-state index in [1.807, 2.05) is 37.2 Å². The first kappa shape index (κ1) is 23.5. The number of hydrogen-bond donors (Lipinski definition) is 2. The minimum atomic E-state index is -4.71. The van der Waals surface area contributed by atoms with E-state index in [0.717, 1.165) is 30.7 Å². The first-order valence-corrected chi connectivity index (χ1v) is 10.4. The molecule has 5 nitrogen and oxygen atoms in total. The molecule has 1 saturated carbocycles. The fourth-order valence-corrected chi connectivity index (χ4v) is 4.37. The smallest absolute Gasteiger partial charge is 0.387 e. The number of aliphatic hydroxyl groups is 1. The lowest BCUT2D eigenvalue weighted by atomic mass is 9.86. The Labute approximate surface area is 184 Å². The van der Waals surface area contributed by atoms with Crippen molar-refractivity contribution < 1.29 is 23.1 Å². The van der Waals surface area contributed by atoms with Crippen molar-refractivity contribution in [3.8, 4) is 0 Å². The number of aromatic nitrogens is 1. The Morgan fingerprint density at radius 3 is 2.58 bits per heavy atom. The third kappa shape index (κ3) is 5.37. The fraction of sp³-hybridized carbons (Fsp3) is 0.455. The molecule has 1 aromatic carbocycles. The van der Waals surface area contributed by atoms with Crippen molar-refractivity contribution in [1.82, 2.24) is 15.2 Å². The number of nitrogens with zero attached hydrogens (tertiary/aromatic N) is 2. The second kappa shape index (κ2) is 9.14. The zero-order chi connectivity index (χ0) is 22.8. The van der Waals surface area contributed by atoms with E-state index in [4.69, 9.17) is 11.6 Å². The number of carbonyl (C=O) groups excluding carboxylic acids is 1. The number of rotatable bonds is 6. The summed E-state index contributed by atoms with van der Waals surface area (Å²) in [5.74, 6) is -0.862. The molecular weight excluding hydrogens is 431 g/mol. The molecule has 0 bridgehead atoms. The second-order valence-electron chi connectivity index (χ2n) is 8.22. The van der Waals surface area contributed by atoms with Gasteiger partial charge in [0.15, 0.2) is 0 Å². The maximum Gasteiger partial charge on any atom is 0.417 e. The lowest BCUT2D eigenvalue weighted by Gasteiger charge is -2.34. The van der Waals surface area contributed by atoms with Crippen LogP contribution in [-0.2, 0) is 12.7 Å². The summed E-state index contributed by atoms with van der Waals surface area (Å²) in [6.07, 6.45) is -1.27. The Hall–Kier alpha value is -2.16. The third-order valence-corrected chi connectivity index (χ3v) is 5.86. The quantitative estimate of drug-likeness (QED) is 0.668. The average molecular weight is 456 g/mol. The summed E-state index contributed by atoms with van der Waals surface area (Å²) in [5.41, 5.74) is -1.19. The number of halogens is 4. The summed E-state index contributed by atoms with van der Waals surface area (Å²) in [5, 5.41) is 13.2. The Morgan fingerprint density at radius 1 is 1.29 bits per heavy atom. The number of amides is 1. The van der Waals surface area contributed by atoms with E-state index in [2.05, 4.69) is 10.3 Å². The van der Waals surface area contributed by atoms with Crippen molar-refractivity contribution in [1.29, 1.82) is 0 Å². The van der Waals surface area contributed by atoms with Gasteiger partial charge in [0.05, 0.1) is 22.2 Å². The molecule has 0 saturated heterocycles. The van der Waals surface area contributed by atoms with Crippen molar-refractivity contribution in [3.63, 3.8) is 0 Å². The molecule has 2 N–H and O–H groups in total. The van der Waals surface area contributed by atoms with E-state index in [9.17, 15) is 23.1 Å². The fourth-order valence-electron chi connectivity index (χ4n) is 4.06. The van der Waals surface area contributed by atoms with Crippen LogP contribution in [0, 0.1) is 0 Å². The first-order valence-electron chi connectivity index (χ1n) is 10.00. The minimum Gasteiger partial charge on any atom is -0.387 e. The summed E-state index contributed by atoms with van der Waals surface area (Å²) in [4.78, 5) is 18.7. The van der Waals surface area contributed by atoms with Crippen molar-refractivity contribution in [3.05, 3.63) is 63.9 Å². The van der Waals surface area contributed by atoms with E-state index in [1.165, 1.54) is 0 Å². The number of alkyl halides is 3. The normalized spacial score (nSPS) is 17.0. The standard InChI is InChI=1S/C22H25ClF3N3O2/c1-29(2)13-14-6-5-7-15(12-14)19(21(31)9-3-4-10-21)28-20(30)18-17(23)16(8-11-27-18)22(24,25)26/h5-8,11-12,19,31H,3-4,9-10,13H2,1-2H3,(H,28,30). The number of hydrogen-bond acceptors (Lipinski definition) is 4. The van der Waals surface area contributed by atoms with Gasteiger partial charge in [0.25, 0.3) is 5.91 Å². The summed E-state index contributed by atoms with van der Waals surface area (Å²) < 4.78 is 39.6. The first-order chi connectivity index (χ1) is 14.5. The molecule has 2 aromatic rings. The van der Waals surface area contributed by atoms with Gasteiger partial charge in [0, 0.05) is 12.7 Å². The second-order valence-corrected chi connectivity index (χ2v) is 8.60. The van der Waals surface area contributed by atoms with E-state index in [1.54, 1.807) is 6.07 Å². The molecular formula is C22H25ClF3N3O2. The highest BCUT2D eigenvalue weighted by atomic mass is 35.5. The van der Waals surface area contributed by atoms with Gasteiger partial charge < -0.3 is 15.3 Å². The van der Waals surface area contributed by atoms with Crippen LogP contribution in [0.1, 0.15) is 58.9 Å². The Kier molecular flexibility index (Phi) is 6.93.